The standard InChI is InChI=1S/C29H32ClFN4O3S/c1-29(2,3)27-25-26(18-7-4-9-20(31)13-18)39-17-24(37)34(16-23(36)32-15-22-11-6-12-38-22)28(25)35(33-27)21-10-5-8-19(30)14-21/h4-5,7-10,13-14,22,26H,6,11-12,15-17H2,1-3H3,(H,32,36). The molecule has 2 atom stereocenters. The van der Waals surface area contributed by atoms with Gasteiger partial charge in [-0.3, -0.25) is 14.5 Å². The van der Waals surface area contributed by atoms with E-state index in [9.17, 15) is 14.0 Å². The SMILES string of the molecule is CC(C)(C)c1nn(-c2cccc(Cl)c2)c2c1C(c1cccc(F)c1)SCC(=O)N2CC(=O)NCC1CCCO1. The number of thioether (sulfide) groups is 1. The molecule has 2 aliphatic rings. The van der Waals surface area contributed by atoms with Gasteiger partial charge in [0.1, 0.15) is 18.2 Å². The number of fused-ring (bicyclic) bond motifs is 1. The van der Waals surface area contributed by atoms with Crippen LogP contribution in [-0.2, 0) is 19.7 Å². The van der Waals surface area contributed by atoms with Crippen LogP contribution < -0.4 is 10.2 Å². The van der Waals surface area contributed by atoms with E-state index in [1.165, 1.54) is 28.8 Å². The largest absolute Gasteiger partial charge is 0.376 e. The predicted molar refractivity (Wildman–Crippen MR) is 152 cm³/mol. The second-order valence-electron chi connectivity index (χ2n) is 10.9. The van der Waals surface area contributed by atoms with E-state index in [1.54, 1.807) is 22.9 Å². The molecule has 1 fully saturated rings. The van der Waals surface area contributed by atoms with Crippen molar-refractivity contribution in [2.75, 3.05) is 30.3 Å². The van der Waals surface area contributed by atoms with Crippen molar-refractivity contribution in [2.24, 2.45) is 0 Å². The van der Waals surface area contributed by atoms with Gasteiger partial charge in [0.15, 0.2) is 0 Å². The fourth-order valence-electron chi connectivity index (χ4n) is 5.03. The zero-order valence-corrected chi connectivity index (χ0v) is 23.8. The lowest BCUT2D eigenvalue weighted by atomic mass is 9.87. The molecule has 7 nitrogen and oxygen atoms in total. The summed E-state index contributed by atoms with van der Waals surface area (Å²) in [5.41, 5.74) is 2.53. The zero-order valence-electron chi connectivity index (χ0n) is 22.2. The molecule has 39 heavy (non-hydrogen) atoms. The molecule has 0 aliphatic carbocycles. The van der Waals surface area contributed by atoms with Crippen LogP contribution in [0.4, 0.5) is 10.2 Å². The maximum absolute atomic E-state index is 14.4. The molecule has 1 saturated heterocycles. The second kappa shape index (κ2) is 11.3. The van der Waals surface area contributed by atoms with Crippen LogP contribution in [0.15, 0.2) is 48.5 Å². The molecule has 1 aromatic heterocycles. The number of carbonyl (C=O) groups excluding carboxylic acids is 2. The number of hydrogen-bond donors (Lipinski definition) is 1. The number of amides is 2. The maximum Gasteiger partial charge on any atom is 0.240 e. The van der Waals surface area contributed by atoms with Crippen molar-refractivity contribution in [2.45, 2.75) is 50.4 Å². The van der Waals surface area contributed by atoms with Gasteiger partial charge in [0.2, 0.25) is 11.8 Å². The van der Waals surface area contributed by atoms with Crippen LogP contribution in [0, 0.1) is 5.82 Å². The predicted octanol–water partition coefficient (Wildman–Crippen LogP) is 5.43. The summed E-state index contributed by atoms with van der Waals surface area (Å²) >= 11 is 7.77. The number of halogens is 2. The summed E-state index contributed by atoms with van der Waals surface area (Å²) in [5, 5.41) is 8.10. The second-order valence-corrected chi connectivity index (χ2v) is 12.4. The molecule has 2 unspecified atom stereocenters. The summed E-state index contributed by atoms with van der Waals surface area (Å²) < 4.78 is 21.7. The molecular weight excluding hydrogens is 539 g/mol. The van der Waals surface area contributed by atoms with E-state index in [0.29, 0.717) is 29.7 Å². The maximum atomic E-state index is 14.4. The highest BCUT2D eigenvalue weighted by Gasteiger charge is 2.40. The molecular formula is C29H32ClFN4O3S. The van der Waals surface area contributed by atoms with E-state index < -0.39 is 5.41 Å². The number of hydrogen-bond acceptors (Lipinski definition) is 5. The number of nitrogens with zero attached hydrogens (tertiary/aromatic N) is 3. The van der Waals surface area contributed by atoms with Crippen LogP contribution in [0.5, 0.6) is 0 Å². The van der Waals surface area contributed by atoms with Crippen LogP contribution in [0.2, 0.25) is 5.02 Å². The third kappa shape index (κ3) is 6.00. The van der Waals surface area contributed by atoms with E-state index in [2.05, 4.69) is 26.1 Å². The van der Waals surface area contributed by atoms with Crippen molar-refractivity contribution in [3.63, 3.8) is 0 Å². The van der Waals surface area contributed by atoms with Gasteiger partial charge in [-0.2, -0.15) is 5.10 Å². The molecule has 3 aromatic rings. The van der Waals surface area contributed by atoms with Crippen LogP contribution in [0.1, 0.15) is 55.7 Å². The molecule has 1 N–H and O–H groups in total. The van der Waals surface area contributed by atoms with Crippen molar-refractivity contribution >= 4 is 41.0 Å². The quantitative estimate of drug-likeness (QED) is 0.428. The highest BCUT2D eigenvalue weighted by molar-refractivity contribution is 8.00. The molecule has 10 heteroatoms. The van der Waals surface area contributed by atoms with Crippen molar-refractivity contribution in [3.05, 3.63) is 76.2 Å². The number of aromatic nitrogens is 2. The number of anilines is 1. The van der Waals surface area contributed by atoms with Gasteiger partial charge < -0.3 is 10.1 Å². The Kier molecular flexibility index (Phi) is 8.03. The number of carbonyl (C=O) groups is 2. The Morgan fingerprint density at radius 2 is 2.03 bits per heavy atom. The van der Waals surface area contributed by atoms with Crippen molar-refractivity contribution < 1.29 is 18.7 Å². The molecule has 0 spiro atoms. The average molecular weight is 571 g/mol. The van der Waals surface area contributed by atoms with Crippen LogP contribution in [0.25, 0.3) is 5.69 Å². The summed E-state index contributed by atoms with van der Waals surface area (Å²) in [6.07, 6.45) is 1.86. The Balaban J connectivity index is 1.65. The topological polar surface area (TPSA) is 76.5 Å². The molecule has 3 heterocycles. The Hall–Kier alpha value is -2.88. The summed E-state index contributed by atoms with van der Waals surface area (Å²) in [6.45, 7) is 7.07. The van der Waals surface area contributed by atoms with E-state index in [4.69, 9.17) is 21.4 Å². The zero-order chi connectivity index (χ0) is 27.7. The lowest BCUT2D eigenvalue weighted by Crippen LogP contribution is -2.44. The Morgan fingerprint density at radius 3 is 2.72 bits per heavy atom. The number of nitrogens with one attached hydrogen (secondary N) is 1. The van der Waals surface area contributed by atoms with Crippen LogP contribution >= 0.6 is 23.4 Å². The number of ether oxygens (including phenoxy) is 1. The summed E-state index contributed by atoms with van der Waals surface area (Å²) in [6, 6.07) is 13.7. The molecule has 206 valence electrons. The third-order valence-electron chi connectivity index (χ3n) is 6.86. The fourth-order valence-corrected chi connectivity index (χ4v) is 6.40. The van der Waals surface area contributed by atoms with E-state index in [-0.39, 0.29) is 41.3 Å². The van der Waals surface area contributed by atoms with Gasteiger partial charge in [-0.15, -0.1) is 11.8 Å². The average Bonchev–Trinajstić information content (AvgIpc) is 3.52. The van der Waals surface area contributed by atoms with E-state index in [0.717, 1.165) is 29.7 Å². The Labute approximate surface area is 237 Å². The van der Waals surface area contributed by atoms with Crippen LogP contribution in [0.3, 0.4) is 0 Å². The molecule has 2 aliphatic heterocycles. The van der Waals surface area contributed by atoms with Gasteiger partial charge in [-0.25, -0.2) is 9.07 Å². The highest BCUT2D eigenvalue weighted by atomic mass is 35.5. The summed E-state index contributed by atoms with van der Waals surface area (Å²) in [4.78, 5) is 28.4. The first-order valence-corrected chi connectivity index (χ1v) is 14.5. The number of benzene rings is 2. The minimum absolute atomic E-state index is 0.0123. The first-order valence-electron chi connectivity index (χ1n) is 13.1. The molecule has 0 bridgehead atoms. The first-order chi connectivity index (χ1) is 18.6. The van der Waals surface area contributed by atoms with Gasteiger partial charge in [-0.05, 0) is 48.7 Å². The van der Waals surface area contributed by atoms with Crippen molar-refractivity contribution in [1.82, 2.24) is 15.1 Å². The summed E-state index contributed by atoms with van der Waals surface area (Å²) in [5.74, 6) is -0.242. The molecule has 2 aromatic carbocycles. The number of rotatable bonds is 6. The van der Waals surface area contributed by atoms with E-state index >= 15 is 0 Å². The molecule has 0 radical (unpaired) electrons. The smallest absolute Gasteiger partial charge is 0.240 e. The molecule has 2 amide bonds. The van der Waals surface area contributed by atoms with Gasteiger partial charge >= 0.3 is 0 Å². The normalized spacial score (nSPS) is 19.6. The molecule has 5 rings (SSSR count). The minimum Gasteiger partial charge on any atom is -0.376 e. The third-order valence-corrected chi connectivity index (χ3v) is 8.35. The van der Waals surface area contributed by atoms with Gasteiger partial charge in [0.05, 0.1) is 28.5 Å². The highest BCUT2D eigenvalue weighted by Crippen LogP contribution is 2.48. The Morgan fingerprint density at radius 1 is 1.23 bits per heavy atom. The first kappa shape index (κ1) is 27.7. The lowest BCUT2D eigenvalue weighted by Gasteiger charge is -2.25. The van der Waals surface area contributed by atoms with Crippen molar-refractivity contribution in [1.29, 1.82) is 0 Å². The van der Waals surface area contributed by atoms with Crippen LogP contribution in [-0.4, -0.2) is 53.1 Å². The Bertz CT molecular complexity index is 1380. The van der Waals surface area contributed by atoms with Gasteiger partial charge in [0.25, 0.3) is 0 Å². The lowest BCUT2D eigenvalue weighted by molar-refractivity contribution is -0.123. The minimum atomic E-state index is -0.416. The summed E-state index contributed by atoms with van der Waals surface area (Å²) in [7, 11) is 0. The molecule has 0 saturated carbocycles. The van der Waals surface area contributed by atoms with Gasteiger partial charge in [0, 0.05) is 29.2 Å². The van der Waals surface area contributed by atoms with E-state index in [1.807, 2.05) is 18.2 Å². The van der Waals surface area contributed by atoms with Gasteiger partial charge in [-0.1, -0.05) is 50.6 Å². The fraction of sp³-hybridized carbons (Fsp3) is 0.414. The monoisotopic (exact) mass is 570 g/mol. The van der Waals surface area contributed by atoms with Crippen molar-refractivity contribution in [3.8, 4) is 5.69 Å².